The van der Waals surface area contributed by atoms with Gasteiger partial charge in [-0.25, -0.2) is 0 Å². The molecule has 0 aromatic carbocycles. The summed E-state index contributed by atoms with van der Waals surface area (Å²) in [5, 5.41) is 9.45. The van der Waals surface area contributed by atoms with Gasteiger partial charge in [-0.15, -0.1) is 0 Å². The van der Waals surface area contributed by atoms with Crippen LogP contribution in [0.25, 0.3) is 0 Å². The van der Waals surface area contributed by atoms with Crippen LogP contribution in [0.3, 0.4) is 0 Å². The van der Waals surface area contributed by atoms with E-state index in [-0.39, 0.29) is 11.4 Å². The third kappa shape index (κ3) is 4.21. The second-order valence-corrected chi connectivity index (χ2v) is 4.60. The molecular formula is C9H20O2S. The normalized spacial score (nSPS) is 31.7. The topological polar surface area (TPSA) is 37.3 Å². The van der Waals surface area contributed by atoms with Crippen LogP contribution < -0.4 is 0 Å². The Morgan fingerprint density at radius 2 is 1.92 bits per heavy atom. The van der Waals surface area contributed by atoms with Crippen molar-refractivity contribution in [1.29, 1.82) is 0 Å². The molecule has 3 unspecified atom stereocenters. The van der Waals surface area contributed by atoms with Crippen molar-refractivity contribution in [2.24, 2.45) is 0 Å². The highest BCUT2D eigenvalue weighted by atomic mass is 32.2. The Morgan fingerprint density at radius 3 is 2.25 bits per heavy atom. The largest absolute Gasteiger partial charge is 0.393 e. The molecule has 3 heteroatoms. The van der Waals surface area contributed by atoms with Crippen molar-refractivity contribution in [3.63, 3.8) is 0 Å². The number of aliphatic hydroxyl groups excluding tert-OH is 1. The molecule has 1 rings (SSSR count). The maximum absolute atomic E-state index is 10.9. The maximum atomic E-state index is 10.9. The van der Waals surface area contributed by atoms with Gasteiger partial charge in [0.15, 0.2) is 0 Å². The number of rotatable bonds is 1. The van der Waals surface area contributed by atoms with Gasteiger partial charge in [0, 0.05) is 22.3 Å². The standard InChI is InChI=1S/C7H14O2S.C2H6/c1-10(9)7-4-2-3-6(8)5-7;1-2/h6-8H,2-5H2,1H3;1-2H3. The van der Waals surface area contributed by atoms with Crippen molar-refractivity contribution >= 4 is 10.8 Å². The Balaban J connectivity index is 0.000000561. The summed E-state index contributed by atoms with van der Waals surface area (Å²) < 4.78 is 10.9. The Morgan fingerprint density at radius 1 is 1.33 bits per heavy atom. The van der Waals surface area contributed by atoms with Gasteiger partial charge in [-0.3, -0.25) is 4.21 Å². The molecule has 0 bridgehead atoms. The highest BCUT2D eigenvalue weighted by Gasteiger charge is 2.22. The first kappa shape index (κ1) is 12.1. The van der Waals surface area contributed by atoms with Crippen LogP contribution in [0.1, 0.15) is 39.5 Å². The fraction of sp³-hybridized carbons (Fsp3) is 1.00. The zero-order valence-corrected chi connectivity index (χ0v) is 9.06. The first-order valence-corrected chi connectivity index (χ1v) is 6.32. The molecule has 0 spiro atoms. The Bertz CT molecular complexity index is 136. The molecule has 74 valence electrons. The summed E-state index contributed by atoms with van der Waals surface area (Å²) in [7, 11) is -0.733. The Hall–Kier alpha value is 0.110. The Labute approximate surface area is 77.8 Å². The van der Waals surface area contributed by atoms with Gasteiger partial charge in [-0.05, 0) is 25.7 Å². The average molecular weight is 192 g/mol. The zero-order valence-electron chi connectivity index (χ0n) is 8.25. The van der Waals surface area contributed by atoms with Crippen molar-refractivity contribution in [3.8, 4) is 0 Å². The van der Waals surface area contributed by atoms with E-state index in [4.69, 9.17) is 0 Å². The van der Waals surface area contributed by atoms with Crippen LogP contribution in [0, 0.1) is 0 Å². The molecule has 1 fully saturated rings. The van der Waals surface area contributed by atoms with E-state index in [1.165, 1.54) is 0 Å². The highest BCUT2D eigenvalue weighted by Crippen LogP contribution is 2.21. The monoisotopic (exact) mass is 192 g/mol. The fourth-order valence-corrected chi connectivity index (χ4v) is 2.41. The van der Waals surface area contributed by atoms with Crippen molar-refractivity contribution in [2.75, 3.05) is 6.26 Å². The van der Waals surface area contributed by atoms with Gasteiger partial charge in [0.25, 0.3) is 0 Å². The fourth-order valence-electron chi connectivity index (χ4n) is 1.42. The van der Waals surface area contributed by atoms with Crippen molar-refractivity contribution in [2.45, 2.75) is 50.9 Å². The van der Waals surface area contributed by atoms with E-state index in [0.29, 0.717) is 0 Å². The van der Waals surface area contributed by atoms with Gasteiger partial charge < -0.3 is 5.11 Å². The summed E-state index contributed by atoms with van der Waals surface area (Å²) in [5.41, 5.74) is 0. The summed E-state index contributed by atoms with van der Waals surface area (Å²) in [6, 6.07) is 0. The molecule has 0 aliphatic heterocycles. The second kappa shape index (κ2) is 6.61. The molecule has 3 atom stereocenters. The molecule has 0 radical (unpaired) electrons. The smallest absolute Gasteiger partial charge is 0.0551 e. The van der Waals surface area contributed by atoms with Gasteiger partial charge >= 0.3 is 0 Å². The predicted octanol–water partition coefficient (Wildman–Crippen LogP) is 1.69. The molecule has 1 aliphatic rings. The third-order valence-corrected chi connectivity index (χ3v) is 3.43. The molecular weight excluding hydrogens is 172 g/mol. The van der Waals surface area contributed by atoms with Crippen LogP contribution in [0.5, 0.6) is 0 Å². The molecule has 0 heterocycles. The van der Waals surface area contributed by atoms with E-state index in [9.17, 15) is 9.32 Å². The van der Waals surface area contributed by atoms with Gasteiger partial charge in [0.1, 0.15) is 0 Å². The van der Waals surface area contributed by atoms with Crippen molar-refractivity contribution in [1.82, 2.24) is 0 Å². The quantitative estimate of drug-likeness (QED) is 0.686. The first-order valence-electron chi connectivity index (χ1n) is 4.70. The van der Waals surface area contributed by atoms with E-state index >= 15 is 0 Å². The maximum Gasteiger partial charge on any atom is 0.0551 e. The molecule has 1 N–H and O–H groups in total. The van der Waals surface area contributed by atoms with Gasteiger partial charge in [0.2, 0.25) is 0 Å². The predicted molar refractivity (Wildman–Crippen MR) is 53.7 cm³/mol. The molecule has 0 aromatic heterocycles. The van der Waals surface area contributed by atoms with Gasteiger partial charge in [-0.1, -0.05) is 13.8 Å². The van der Waals surface area contributed by atoms with E-state index in [0.717, 1.165) is 25.7 Å². The summed E-state index contributed by atoms with van der Waals surface area (Å²) >= 11 is 0. The minimum absolute atomic E-state index is 0.192. The van der Waals surface area contributed by atoms with Crippen LogP contribution in [-0.2, 0) is 10.8 Å². The SMILES string of the molecule is CC.CS(=O)C1CCCC(O)C1. The van der Waals surface area contributed by atoms with E-state index < -0.39 is 10.8 Å². The molecule has 2 nitrogen and oxygen atoms in total. The lowest BCUT2D eigenvalue weighted by atomic mass is 9.97. The van der Waals surface area contributed by atoms with E-state index in [1.54, 1.807) is 6.26 Å². The minimum atomic E-state index is -0.733. The third-order valence-electron chi connectivity index (χ3n) is 2.07. The number of hydrogen-bond acceptors (Lipinski definition) is 2. The number of hydrogen-bond donors (Lipinski definition) is 1. The second-order valence-electron chi connectivity index (χ2n) is 2.94. The van der Waals surface area contributed by atoms with E-state index in [1.807, 2.05) is 13.8 Å². The lowest BCUT2D eigenvalue weighted by molar-refractivity contribution is 0.132. The van der Waals surface area contributed by atoms with Crippen molar-refractivity contribution in [3.05, 3.63) is 0 Å². The van der Waals surface area contributed by atoms with E-state index in [2.05, 4.69) is 0 Å². The minimum Gasteiger partial charge on any atom is -0.393 e. The first-order chi connectivity index (χ1) is 5.70. The molecule has 1 aliphatic carbocycles. The van der Waals surface area contributed by atoms with Crippen LogP contribution in [0.4, 0.5) is 0 Å². The summed E-state index contributed by atoms with van der Waals surface area (Å²) in [6.45, 7) is 4.00. The van der Waals surface area contributed by atoms with Crippen LogP contribution >= 0.6 is 0 Å². The number of aliphatic hydroxyl groups is 1. The molecule has 12 heavy (non-hydrogen) atoms. The Kier molecular flexibility index (Phi) is 6.67. The molecule has 0 saturated heterocycles. The molecule has 0 aromatic rings. The lowest BCUT2D eigenvalue weighted by Crippen LogP contribution is -2.26. The van der Waals surface area contributed by atoms with Gasteiger partial charge in [-0.2, -0.15) is 0 Å². The summed E-state index contributed by atoms with van der Waals surface area (Å²) in [5.74, 6) is 0. The molecule has 0 amide bonds. The van der Waals surface area contributed by atoms with Crippen molar-refractivity contribution < 1.29 is 9.32 Å². The zero-order chi connectivity index (χ0) is 9.56. The van der Waals surface area contributed by atoms with Crippen LogP contribution in [0.15, 0.2) is 0 Å². The molecule has 1 saturated carbocycles. The lowest BCUT2D eigenvalue weighted by Gasteiger charge is -2.23. The van der Waals surface area contributed by atoms with Gasteiger partial charge in [0.05, 0.1) is 6.10 Å². The highest BCUT2D eigenvalue weighted by molar-refractivity contribution is 7.84. The summed E-state index contributed by atoms with van der Waals surface area (Å²) in [6.07, 6.45) is 5.23. The van der Waals surface area contributed by atoms with Crippen LogP contribution in [0.2, 0.25) is 0 Å². The van der Waals surface area contributed by atoms with Crippen LogP contribution in [-0.4, -0.2) is 26.9 Å². The summed E-state index contributed by atoms with van der Waals surface area (Å²) in [4.78, 5) is 0. The average Bonchev–Trinajstić information content (AvgIpc) is 2.08.